The molecule has 1 heterocycles. The summed E-state index contributed by atoms with van der Waals surface area (Å²) in [5.74, 6) is -0.00132. The molecule has 0 atom stereocenters. The monoisotopic (exact) mass is 321 g/mol. The van der Waals surface area contributed by atoms with Crippen molar-refractivity contribution in [2.45, 2.75) is 6.42 Å². The summed E-state index contributed by atoms with van der Waals surface area (Å²) in [7, 11) is 3.68. The molecule has 1 N–H and O–H groups in total. The summed E-state index contributed by atoms with van der Waals surface area (Å²) < 4.78 is 2.32. The average Bonchev–Trinajstić information content (AvgIpc) is 2.75. The molecule has 0 aliphatic heterocycles. The first-order chi connectivity index (χ1) is 9.15. The number of likely N-dealkylation sites (N-methyl/N-ethyl adjacent to an activating group) is 1. The van der Waals surface area contributed by atoms with Crippen LogP contribution in [0.25, 0.3) is 0 Å². The van der Waals surface area contributed by atoms with E-state index in [0.717, 1.165) is 28.6 Å². The van der Waals surface area contributed by atoms with Crippen molar-refractivity contribution in [2.75, 3.05) is 13.6 Å². The van der Waals surface area contributed by atoms with E-state index in [9.17, 15) is 4.79 Å². The molecule has 0 unspecified atom stereocenters. The summed E-state index contributed by atoms with van der Waals surface area (Å²) >= 11 is 3.38. The van der Waals surface area contributed by atoms with Crippen molar-refractivity contribution in [1.29, 1.82) is 0 Å². The number of carbonyl (C=O) groups excluding carboxylic acids is 1. The van der Waals surface area contributed by atoms with Gasteiger partial charge >= 0.3 is 0 Å². The Bertz CT molecular complexity index is 573. The van der Waals surface area contributed by atoms with Crippen LogP contribution in [0.15, 0.2) is 34.9 Å². The molecule has 19 heavy (non-hydrogen) atoms. The highest BCUT2D eigenvalue weighted by Crippen LogP contribution is 2.21. The maximum absolute atomic E-state index is 12.6. The zero-order valence-corrected chi connectivity index (χ0v) is 12.6. The third-order valence-electron chi connectivity index (χ3n) is 3.02. The Morgan fingerprint density at radius 3 is 2.79 bits per heavy atom. The number of nitrogens with one attached hydrogen (secondary N) is 1. The predicted molar refractivity (Wildman–Crippen MR) is 78.4 cm³/mol. The van der Waals surface area contributed by atoms with Gasteiger partial charge in [0.2, 0.25) is 5.78 Å². The molecular weight excluding hydrogens is 306 g/mol. The topological polar surface area (TPSA) is 46.9 Å². The highest BCUT2D eigenvalue weighted by atomic mass is 79.9. The first kappa shape index (κ1) is 14.0. The Morgan fingerprint density at radius 2 is 2.16 bits per heavy atom. The molecule has 1 aromatic heterocycles. The minimum Gasteiger partial charge on any atom is -0.319 e. The maximum atomic E-state index is 12.6. The number of carbonyl (C=O) groups is 1. The van der Waals surface area contributed by atoms with Crippen LogP contribution in [0.1, 0.15) is 21.6 Å². The quantitative estimate of drug-likeness (QED) is 0.859. The van der Waals surface area contributed by atoms with Crippen LogP contribution in [0, 0.1) is 0 Å². The Labute approximate surface area is 120 Å². The fraction of sp³-hybridized carbons (Fsp3) is 0.286. The Kier molecular flexibility index (Phi) is 4.50. The molecule has 0 radical (unpaired) electrons. The number of aromatic nitrogens is 2. The first-order valence-electron chi connectivity index (χ1n) is 6.10. The van der Waals surface area contributed by atoms with E-state index in [1.807, 2.05) is 31.3 Å². The normalized spacial score (nSPS) is 10.7. The van der Waals surface area contributed by atoms with Crippen LogP contribution in [0.2, 0.25) is 0 Å². The highest BCUT2D eigenvalue weighted by Gasteiger charge is 2.19. The van der Waals surface area contributed by atoms with Crippen LogP contribution in [-0.4, -0.2) is 29.2 Å². The van der Waals surface area contributed by atoms with E-state index >= 15 is 0 Å². The number of hydrogen-bond acceptors (Lipinski definition) is 3. The van der Waals surface area contributed by atoms with Crippen LogP contribution >= 0.6 is 15.9 Å². The van der Waals surface area contributed by atoms with E-state index < -0.39 is 0 Å². The van der Waals surface area contributed by atoms with Gasteiger partial charge in [-0.1, -0.05) is 24.3 Å². The van der Waals surface area contributed by atoms with E-state index in [0.29, 0.717) is 5.69 Å². The van der Waals surface area contributed by atoms with Gasteiger partial charge < -0.3 is 5.32 Å². The van der Waals surface area contributed by atoms with Crippen molar-refractivity contribution in [2.24, 2.45) is 7.05 Å². The highest BCUT2D eigenvalue weighted by molar-refractivity contribution is 9.10. The second-order valence-corrected chi connectivity index (χ2v) is 5.16. The lowest BCUT2D eigenvalue weighted by Crippen LogP contribution is -2.15. The molecule has 0 bridgehead atoms. The average molecular weight is 322 g/mol. The van der Waals surface area contributed by atoms with Gasteiger partial charge in [-0.2, -0.15) is 5.10 Å². The predicted octanol–water partition coefficient (Wildman–Crippen LogP) is 2.18. The van der Waals surface area contributed by atoms with Crippen molar-refractivity contribution in [3.8, 4) is 0 Å². The Hall–Kier alpha value is -1.46. The third kappa shape index (κ3) is 2.93. The van der Waals surface area contributed by atoms with E-state index in [2.05, 4.69) is 26.3 Å². The fourth-order valence-electron chi connectivity index (χ4n) is 2.01. The Morgan fingerprint density at radius 1 is 1.42 bits per heavy atom. The maximum Gasteiger partial charge on any atom is 0.212 e. The van der Waals surface area contributed by atoms with Gasteiger partial charge in [-0.3, -0.25) is 9.48 Å². The summed E-state index contributed by atoms with van der Waals surface area (Å²) in [6.07, 6.45) is 2.47. The SMILES string of the molecule is CNCCc1ccccc1C(=O)c1c(Br)cnn1C. The van der Waals surface area contributed by atoms with Gasteiger partial charge in [0.05, 0.1) is 10.7 Å². The van der Waals surface area contributed by atoms with E-state index in [4.69, 9.17) is 0 Å². The van der Waals surface area contributed by atoms with Crippen molar-refractivity contribution in [3.05, 3.63) is 51.8 Å². The Balaban J connectivity index is 2.39. The fourth-order valence-corrected chi connectivity index (χ4v) is 2.54. The standard InChI is InChI=1S/C14H16BrN3O/c1-16-8-7-10-5-3-4-6-11(10)14(19)13-12(15)9-17-18(13)2/h3-6,9,16H,7-8H2,1-2H3. The zero-order valence-electron chi connectivity index (χ0n) is 11.0. The molecular formula is C14H16BrN3O. The van der Waals surface area contributed by atoms with Gasteiger partial charge in [0.25, 0.3) is 0 Å². The van der Waals surface area contributed by atoms with Gasteiger partial charge in [-0.15, -0.1) is 0 Å². The van der Waals surface area contributed by atoms with Crippen LogP contribution in [0.5, 0.6) is 0 Å². The van der Waals surface area contributed by atoms with Gasteiger partial charge in [0.1, 0.15) is 5.69 Å². The molecule has 0 saturated carbocycles. The molecule has 0 saturated heterocycles. The smallest absolute Gasteiger partial charge is 0.212 e. The molecule has 100 valence electrons. The summed E-state index contributed by atoms with van der Waals surface area (Å²) in [5, 5.41) is 7.19. The van der Waals surface area contributed by atoms with Crippen molar-refractivity contribution < 1.29 is 4.79 Å². The summed E-state index contributed by atoms with van der Waals surface area (Å²) in [5.41, 5.74) is 2.37. The van der Waals surface area contributed by atoms with E-state index in [1.165, 1.54) is 0 Å². The summed E-state index contributed by atoms with van der Waals surface area (Å²) in [4.78, 5) is 12.6. The van der Waals surface area contributed by atoms with Crippen molar-refractivity contribution >= 4 is 21.7 Å². The van der Waals surface area contributed by atoms with Crippen LogP contribution in [0.3, 0.4) is 0 Å². The number of benzene rings is 1. The van der Waals surface area contributed by atoms with Crippen molar-refractivity contribution in [1.82, 2.24) is 15.1 Å². The number of halogens is 1. The van der Waals surface area contributed by atoms with Gasteiger partial charge in [-0.05, 0) is 41.5 Å². The number of hydrogen-bond donors (Lipinski definition) is 1. The van der Waals surface area contributed by atoms with Crippen LogP contribution in [-0.2, 0) is 13.5 Å². The molecule has 2 rings (SSSR count). The minimum atomic E-state index is -0.00132. The third-order valence-corrected chi connectivity index (χ3v) is 3.60. The molecule has 1 aromatic carbocycles. The van der Waals surface area contributed by atoms with Gasteiger partial charge in [0.15, 0.2) is 0 Å². The number of rotatable bonds is 5. The lowest BCUT2D eigenvalue weighted by atomic mass is 9.99. The van der Waals surface area contributed by atoms with E-state index in [-0.39, 0.29) is 5.78 Å². The molecule has 4 nitrogen and oxygen atoms in total. The zero-order chi connectivity index (χ0) is 13.8. The lowest BCUT2D eigenvalue weighted by molar-refractivity contribution is 0.102. The summed E-state index contributed by atoms with van der Waals surface area (Å²) in [6.45, 7) is 0.844. The molecule has 0 fully saturated rings. The second-order valence-electron chi connectivity index (χ2n) is 4.30. The largest absolute Gasteiger partial charge is 0.319 e. The molecule has 0 aliphatic carbocycles. The first-order valence-corrected chi connectivity index (χ1v) is 6.89. The number of ketones is 1. The van der Waals surface area contributed by atoms with Crippen LogP contribution < -0.4 is 5.32 Å². The van der Waals surface area contributed by atoms with Crippen LogP contribution in [0.4, 0.5) is 0 Å². The molecule has 5 heteroatoms. The molecule has 0 amide bonds. The van der Waals surface area contributed by atoms with Crippen molar-refractivity contribution in [3.63, 3.8) is 0 Å². The van der Waals surface area contributed by atoms with Gasteiger partial charge in [0, 0.05) is 12.6 Å². The van der Waals surface area contributed by atoms with Gasteiger partial charge in [-0.25, -0.2) is 0 Å². The molecule has 2 aromatic rings. The lowest BCUT2D eigenvalue weighted by Gasteiger charge is -2.09. The minimum absolute atomic E-state index is 0.00132. The second kappa shape index (κ2) is 6.12. The van der Waals surface area contributed by atoms with E-state index in [1.54, 1.807) is 17.9 Å². The number of aryl methyl sites for hydroxylation is 1. The summed E-state index contributed by atoms with van der Waals surface area (Å²) in [6, 6.07) is 7.71. The molecule has 0 spiro atoms. The number of nitrogens with zero attached hydrogens (tertiary/aromatic N) is 2. The molecule has 0 aliphatic rings.